The highest BCUT2D eigenvalue weighted by Gasteiger charge is 2.12. The fourth-order valence-corrected chi connectivity index (χ4v) is 2.01. The van der Waals surface area contributed by atoms with E-state index >= 15 is 0 Å². The van der Waals surface area contributed by atoms with Crippen LogP contribution in [0.5, 0.6) is 5.75 Å². The van der Waals surface area contributed by atoms with Crippen LogP contribution in [0.3, 0.4) is 0 Å². The van der Waals surface area contributed by atoms with Crippen molar-refractivity contribution in [3.8, 4) is 5.75 Å². The van der Waals surface area contributed by atoms with Crippen LogP contribution in [0.25, 0.3) is 0 Å². The molecular weight excluding hydrogens is 279 g/mol. The maximum atomic E-state index is 13.8. The lowest BCUT2D eigenvalue weighted by Gasteiger charge is -2.14. The smallest absolute Gasteiger partial charge is 0.165 e. The van der Waals surface area contributed by atoms with Gasteiger partial charge in [-0.3, -0.25) is 0 Å². The highest BCUT2D eigenvalue weighted by molar-refractivity contribution is 5.36. The van der Waals surface area contributed by atoms with Gasteiger partial charge in [0.2, 0.25) is 0 Å². The van der Waals surface area contributed by atoms with Gasteiger partial charge in [0.25, 0.3) is 0 Å². The number of rotatable bonds is 5. The molecule has 0 heterocycles. The van der Waals surface area contributed by atoms with Crippen LogP contribution in [0, 0.1) is 17.5 Å². The molecule has 0 saturated heterocycles. The van der Waals surface area contributed by atoms with Gasteiger partial charge >= 0.3 is 0 Å². The average Bonchev–Trinajstić information content (AvgIpc) is 2.41. The molecule has 0 aliphatic rings. The second-order valence-corrected chi connectivity index (χ2v) is 4.95. The van der Waals surface area contributed by atoms with E-state index in [-0.39, 0.29) is 18.4 Å². The quantitative estimate of drug-likeness (QED) is 0.915. The number of para-hydroxylation sites is 1. The third-order valence-electron chi connectivity index (χ3n) is 2.96. The van der Waals surface area contributed by atoms with Crippen molar-refractivity contribution in [2.45, 2.75) is 26.0 Å². The minimum atomic E-state index is -0.958. The van der Waals surface area contributed by atoms with Gasteiger partial charge < -0.3 is 10.5 Å². The summed E-state index contributed by atoms with van der Waals surface area (Å²) >= 11 is 0. The maximum Gasteiger partial charge on any atom is 0.165 e. The molecule has 2 aromatic carbocycles. The molecule has 0 saturated carbocycles. The molecule has 21 heavy (non-hydrogen) atoms. The van der Waals surface area contributed by atoms with Crippen LogP contribution in [-0.4, -0.2) is 6.04 Å². The molecule has 5 heteroatoms. The van der Waals surface area contributed by atoms with E-state index in [1.54, 1.807) is 12.1 Å². The van der Waals surface area contributed by atoms with Crippen molar-refractivity contribution in [3.05, 3.63) is 65.0 Å². The van der Waals surface area contributed by atoms with E-state index in [0.29, 0.717) is 17.5 Å². The predicted molar refractivity (Wildman–Crippen MR) is 74.4 cm³/mol. The fraction of sp³-hybridized carbons (Fsp3) is 0.250. The highest BCUT2D eigenvalue weighted by atomic mass is 19.2. The number of halogens is 3. The fourth-order valence-electron chi connectivity index (χ4n) is 2.01. The van der Waals surface area contributed by atoms with E-state index in [2.05, 4.69) is 0 Å². The van der Waals surface area contributed by atoms with Gasteiger partial charge in [-0.1, -0.05) is 18.2 Å². The van der Waals surface area contributed by atoms with Crippen molar-refractivity contribution < 1.29 is 17.9 Å². The molecule has 0 aromatic heterocycles. The first-order valence-corrected chi connectivity index (χ1v) is 6.57. The summed E-state index contributed by atoms with van der Waals surface area (Å²) in [6, 6.07) is 7.89. The van der Waals surface area contributed by atoms with Crippen LogP contribution in [0.1, 0.15) is 18.1 Å². The molecule has 0 aliphatic carbocycles. The molecule has 2 nitrogen and oxygen atoms in total. The predicted octanol–water partition coefficient (Wildman–Crippen LogP) is 3.57. The Balaban J connectivity index is 2.17. The molecule has 2 aromatic rings. The van der Waals surface area contributed by atoms with Crippen LogP contribution in [-0.2, 0) is 13.0 Å². The Labute approximate surface area is 121 Å². The topological polar surface area (TPSA) is 35.2 Å². The number of hydrogen-bond donors (Lipinski definition) is 1. The summed E-state index contributed by atoms with van der Waals surface area (Å²) in [5.41, 5.74) is 6.78. The van der Waals surface area contributed by atoms with E-state index < -0.39 is 17.5 Å². The summed E-state index contributed by atoms with van der Waals surface area (Å²) < 4.78 is 45.2. The largest absolute Gasteiger partial charge is 0.486 e. The van der Waals surface area contributed by atoms with Gasteiger partial charge in [0.15, 0.2) is 23.2 Å². The lowest BCUT2D eigenvalue weighted by molar-refractivity contribution is 0.285. The number of hydrogen-bond acceptors (Lipinski definition) is 2. The van der Waals surface area contributed by atoms with Crippen molar-refractivity contribution in [1.82, 2.24) is 0 Å². The maximum absolute atomic E-state index is 13.8. The molecule has 0 fully saturated rings. The summed E-state index contributed by atoms with van der Waals surface area (Å²) in [6.45, 7) is 1.76. The molecule has 1 atom stereocenters. The van der Waals surface area contributed by atoms with E-state index in [0.717, 1.165) is 12.1 Å². The first-order chi connectivity index (χ1) is 9.97. The van der Waals surface area contributed by atoms with Crippen LogP contribution in [0.15, 0.2) is 36.4 Å². The minimum absolute atomic E-state index is 0.0515. The third-order valence-corrected chi connectivity index (χ3v) is 2.96. The molecule has 0 aliphatic heterocycles. The zero-order chi connectivity index (χ0) is 15.4. The number of ether oxygens (including phenoxy) is 1. The van der Waals surface area contributed by atoms with Gasteiger partial charge in [0.1, 0.15) is 6.61 Å². The summed E-state index contributed by atoms with van der Waals surface area (Å²) in [6.07, 6.45) is 0.463. The SMILES string of the molecule is CC(N)Cc1cccc(F)c1OCc1ccc(F)c(F)c1. The zero-order valence-corrected chi connectivity index (χ0v) is 11.6. The Bertz CT molecular complexity index is 629. The monoisotopic (exact) mass is 295 g/mol. The summed E-state index contributed by atoms with van der Waals surface area (Å²) in [5, 5.41) is 0. The molecule has 112 valence electrons. The van der Waals surface area contributed by atoms with E-state index in [9.17, 15) is 13.2 Å². The number of benzene rings is 2. The first-order valence-electron chi connectivity index (χ1n) is 6.57. The van der Waals surface area contributed by atoms with E-state index in [1.165, 1.54) is 12.1 Å². The van der Waals surface area contributed by atoms with Crippen LogP contribution in [0.2, 0.25) is 0 Å². The van der Waals surface area contributed by atoms with Crippen molar-refractivity contribution in [3.63, 3.8) is 0 Å². The Morgan fingerprint density at radius 1 is 1.05 bits per heavy atom. The van der Waals surface area contributed by atoms with Crippen molar-refractivity contribution in [2.75, 3.05) is 0 Å². The Kier molecular flexibility index (Phi) is 4.85. The average molecular weight is 295 g/mol. The van der Waals surface area contributed by atoms with Crippen LogP contribution >= 0.6 is 0 Å². The molecule has 0 bridgehead atoms. The molecule has 2 N–H and O–H groups in total. The first kappa shape index (κ1) is 15.4. The standard InChI is InChI=1S/C16H16F3NO/c1-10(20)7-12-3-2-4-14(18)16(12)21-9-11-5-6-13(17)15(19)8-11/h2-6,8,10H,7,9,20H2,1H3. The second-order valence-electron chi connectivity index (χ2n) is 4.95. The van der Waals surface area contributed by atoms with Crippen LogP contribution < -0.4 is 10.5 Å². The summed E-state index contributed by atoms with van der Waals surface area (Å²) in [4.78, 5) is 0. The second kappa shape index (κ2) is 6.63. The summed E-state index contributed by atoms with van der Waals surface area (Å²) in [5.74, 6) is -2.29. The lowest BCUT2D eigenvalue weighted by atomic mass is 10.1. The van der Waals surface area contributed by atoms with Crippen molar-refractivity contribution in [1.29, 1.82) is 0 Å². The van der Waals surface area contributed by atoms with Gasteiger partial charge in [0, 0.05) is 6.04 Å². The molecule has 0 radical (unpaired) electrons. The Hall–Kier alpha value is -2.01. The molecular formula is C16H16F3NO. The zero-order valence-electron chi connectivity index (χ0n) is 11.6. The van der Waals surface area contributed by atoms with Crippen molar-refractivity contribution >= 4 is 0 Å². The van der Waals surface area contributed by atoms with Gasteiger partial charge in [-0.05, 0) is 42.7 Å². The van der Waals surface area contributed by atoms with Crippen LogP contribution in [0.4, 0.5) is 13.2 Å². The number of nitrogens with two attached hydrogens (primary N) is 1. The lowest BCUT2D eigenvalue weighted by Crippen LogP contribution is -2.18. The minimum Gasteiger partial charge on any atom is -0.486 e. The van der Waals surface area contributed by atoms with Crippen molar-refractivity contribution in [2.24, 2.45) is 5.73 Å². The molecule has 0 amide bonds. The summed E-state index contributed by atoms with van der Waals surface area (Å²) in [7, 11) is 0. The Morgan fingerprint density at radius 3 is 2.48 bits per heavy atom. The molecule has 0 spiro atoms. The van der Waals surface area contributed by atoms with Gasteiger partial charge in [0.05, 0.1) is 0 Å². The highest BCUT2D eigenvalue weighted by Crippen LogP contribution is 2.25. The molecule has 1 unspecified atom stereocenters. The third kappa shape index (κ3) is 3.98. The van der Waals surface area contributed by atoms with Gasteiger partial charge in [-0.2, -0.15) is 0 Å². The van der Waals surface area contributed by atoms with Gasteiger partial charge in [-0.15, -0.1) is 0 Å². The Morgan fingerprint density at radius 2 is 1.81 bits per heavy atom. The van der Waals surface area contributed by atoms with E-state index in [4.69, 9.17) is 10.5 Å². The van der Waals surface area contributed by atoms with E-state index in [1.807, 2.05) is 6.92 Å². The van der Waals surface area contributed by atoms with Gasteiger partial charge in [-0.25, -0.2) is 13.2 Å². The normalized spacial score (nSPS) is 12.2. The molecule has 2 rings (SSSR count).